The minimum absolute atomic E-state index is 0.0863. The summed E-state index contributed by atoms with van der Waals surface area (Å²) in [5.74, 6) is 0. The first-order valence-corrected chi connectivity index (χ1v) is 8.02. The second-order valence-electron chi connectivity index (χ2n) is 4.42. The van der Waals surface area contributed by atoms with Gasteiger partial charge < -0.3 is 0 Å². The van der Waals surface area contributed by atoms with E-state index in [0.29, 0.717) is 5.69 Å². The molecule has 0 aliphatic carbocycles. The third-order valence-corrected chi connectivity index (χ3v) is 4.54. The minimum Gasteiger partial charge on any atom is -0.279 e. The zero-order valence-electron chi connectivity index (χ0n) is 11.2. The maximum Gasteiger partial charge on any atom is 0.263 e. The van der Waals surface area contributed by atoms with Gasteiger partial charge in [-0.05, 0) is 42.7 Å². The molecule has 1 aromatic heterocycles. The van der Waals surface area contributed by atoms with E-state index in [9.17, 15) is 8.42 Å². The fraction of sp³-hybridized carbons (Fsp3) is 0.214. The van der Waals surface area contributed by atoms with Gasteiger partial charge >= 0.3 is 0 Å². The lowest BCUT2D eigenvalue weighted by Crippen LogP contribution is -2.14. The number of nitrogens with zero attached hydrogens (tertiary/aromatic N) is 1. The highest BCUT2D eigenvalue weighted by Gasteiger charge is 2.15. The first-order valence-electron chi connectivity index (χ1n) is 6.16. The Hall–Kier alpha value is -1.59. The van der Waals surface area contributed by atoms with Gasteiger partial charge in [-0.3, -0.25) is 4.72 Å². The Morgan fingerprint density at radius 1 is 1.25 bits per heavy atom. The van der Waals surface area contributed by atoms with Crippen LogP contribution in [0.25, 0.3) is 0 Å². The highest BCUT2D eigenvalue weighted by Crippen LogP contribution is 2.21. The highest BCUT2D eigenvalue weighted by molar-refractivity contribution is 7.92. The Balaban J connectivity index is 2.35. The van der Waals surface area contributed by atoms with E-state index in [1.54, 1.807) is 0 Å². The summed E-state index contributed by atoms with van der Waals surface area (Å²) in [4.78, 5) is 3.88. The first kappa shape index (κ1) is 14.8. The van der Waals surface area contributed by atoms with Crippen molar-refractivity contribution in [2.75, 3.05) is 4.72 Å². The molecule has 0 bridgehead atoms. The van der Waals surface area contributed by atoms with Gasteiger partial charge in [0.05, 0.1) is 5.69 Å². The minimum atomic E-state index is -3.65. The molecule has 0 radical (unpaired) electrons. The first-order chi connectivity index (χ1) is 9.42. The molecule has 1 N–H and O–H groups in total. The van der Waals surface area contributed by atoms with Crippen molar-refractivity contribution in [3.8, 4) is 0 Å². The number of hydrogen-bond donors (Lipinski definition) is 1. The molecule has 4 nitrogen and oxygen atoms in total. The van der Waals surface area contributed by atoms with Crippen molar-refractivity contribution in [3.05, 3.63) is 52.8 Å². The Labute approximate surface area is 123 Å². The number of pyridine rings is 1. The fourth-order valence-electron chi connectivity index (χ4n) is 1.72. The molecule has 1 aromatic carbocycles. The van der Waals surface area contributed by atoms with Crippen molar-refractivity contribution >= 4 is 27.3 Å². The summed E-state index contributed by atoms with van der Waals surface area (Å²) in [5, 5.41) is 0.258. The van der Waals surface area contributed by atoms with E-state index >= 15 is 0 Å². The Bertz CT molecular complexity index is 712. The molecule has 0 aliphatic heterocycles. The molecule has 0 amide bonds. The van der Waals surface area contributed by atoms with Crippen molar-refractivity contribution in [2.45, 2.75) is 25.2 Å². The van der Waals surface area contributed by atoms with E-state index in [-0.39, 0.29) is 10.0 Å². The van der Waals surface area contributed by atoms with Crippen LogP contribution in [-0.4, -0.2) is 13.4 Å². The number of sulfonamides is 1. The molecule has 0 fully saturated rings. The molecule has 0 aliphatic rings. The SMILES string of the molecule is CCc1ccc(C)c(NS(=O)(=O)c2ccc(Cl)nc2)c1. The molecule has 0 unspecified atom stereocenters. The zero-order valence-corrected chi connectivity index (χ0v) is 12.8. The van der Waals surface area contributed by atoms with Crippen molar-refractivity contribution in [3.63, 3.8) is 0 Å². The summed E-state index contributed by atoms with van der Waals surface area (Å²) in [5.41, 5.74) is 2.52. The molecule has 1 heterocycles. The van der Waals surface area contributed by atoms with Crippen LogP contribution in [0.3, 0.4) is 0 Å². The number of aryl methyl sites for hydroxylation is 2. The van der Waals surface area contributed by atoms with Crippen LogP contribution < -0.4 is 4.72 Å². The second kappa shape index (κ2) is 5.81. The molecule has 0 atom stereocenters. The Morgan fingerprint density at radius 3 is 2.60 bits per heavy atom. The van der Waals surface area contributed by atoms with Crippen LogP contribution in [0.15, 0.2) is 41.4 Å². The van der Waals surface area contributed by atoms with Crippen LogP contribution >= 0.6 is 11.6 Å². The molecule has 2 rings (SSSR count). The van der Waals surface area contributed by atoms with Gasteiger partial charge in [-0.1, -0.05) is 30.7 Å². The summed E-state index contributed by atoms with van der Waals surface area (Å²) in [6.45, 7) is 3.88. The molecule has 2 aromatic rings. The topological polar surface area (TPSA) is 59.1 Å². The molecule has 20 heavy (non-hydrogen) atoms. The summed E-state index contributed by atoms with van der Waals surface area (Å²) < 4.78 is 27.1. The predicted molar refractivity (Wildman–Crippen MR) is 80.6 cm³/mol. The normalized spacial score (nSPS) is 11.3. The third-order valence-electron chi connectivity index (χ3n) is 2.97. The number of rotatable bonds is 4. The average molecular weight is 311 g/mol. The van der Waals surface area contributed by atoms with Crippen molar-refractivity contribution < 1.29 is 8.42 Å². The second-order valence-corrected chi connectivity index (χ2v) is 6.49. The van der Waals surface area contributed by atoms with Gasteiger partial charge in [0, 0.05) is 6.20 Å². The van der Waals surface area contributed by atoms with E-state index in [4.69, 9.17) is 11.6 Å². The molecule has 106 valence electrons. The van der Waals surface area contributed by atoms with Crippen LogP contribution in [0.2, 0.25) is 5.15 Å². The van der Waals surface area contributed by atoms with Crippen LogP contribution in [0.4, 0.5) is 5.69 Å². The van der Waals surface area contributed by atoms with E-state index in [1.165, 1.54) is 18.3 Å². The van der Waals surface area contributed by atoms with Crippen molar-refractivity contribution in [2.24, 2.45) is 0 Å². The van der Waals surface area contributed by atoms with Crippen LogP contribution in [0.1, 0.15) is 18.1 Å². The standard InChI is InChI=1S/C14H15ClN2O2S/c1-3-11-5-4-10(2)13(8-11)17-20(18,19)12-6-7-14(15)16-9-12/h4-9,17H,3H2,1-2H3. The molecule has 0 saturated heterocycles. The molecule has 6 heteroatoms. The smallest absolute Gasteiger partial charge is 0.263 e. The average Bonchev–Trinajstić information content (AvgIpc) is 2.41. The maximum absolute atomic E-state index is 12.3. The maximum atomic E-state index is 12.3. The molecular weight excluding hydrogens is 296 g/mol. The van der Waals surface area contributed by atoms with Gasteiger partial charge in [-0.15, -0.1) is 0 Å². The molecule has 0 saturated carbocycles. The number of benzene rings is 1. The lowest BCUT2D eigenvalue weighted by atomic mass is 10.1. The van der Waals surface area contributed by atoms with Gasteiger partial charge in [-0.2, -0.15) is 0 Å². The van der Waals surface area contributed by atoms with Crippen molar-refractivity contribution in [1.29, 1.82) is 0 Å². The zero-order chi connectivity index (χ0) is 14.8. The quantitative estimate of drug-likeness (QED) is 0.880. The van der Waals surface area contributed by atoms with Crippen LogP contribution in [-0.2, 0) is 16.4 Å². The number of hydrogen-bond acceptors (Lipinski definition) is 3. The van der Waals surface area contributed by atoms with E-state index in [2.05, 4.69) is 9.71 Å². The predicted octanol–water partition coefficient (Wildman–Crippen LogP) is 3.41. The number of nitrogens with one attached hydrogen (secondary N) is 1. The lowest BCUT2D eigenvalue weighted by molar-refractivity contribution is 0.601. The molecular formula is C14H15ClN2O2S. The summed E-state index contributed by atoms with van der Waals surface area (Å²) in [7, 11) is -3.65. The molecule has 0 spiro atoms. The van der Waals surface area contributed by atoms with Gasteiger partial charge in [0.25, 0.3) is 10.0 Å². The summed E-state index contributed by atoms with van der Waals surface area (Å²) >= 11 is 5.66. The van der Waals surface area contributed by atoms with Gasteiger partial charge in [-0.25, -0.2) is 13.4 Å². The van der Waals surface area contributed by atoms with E-state index < -0.39 is 10.0 Å². The lowest BCUT2D eigenvalue weighted by Gasteiger charge is -2.11. The van der Waals surface area contributed by atoms with Crippen molar-refractivity contribution in [1.82, 2.24) is 4.98 Å². The highest BCUT2D eigenvalue weighted by atomic mass is 35.5. The fourth-order valence-corrected chi connectivity index (χ4v) is 2.90. The number of halogens is 1. The Morgan fingerprint density at radius 2 is 2.00 bits per heavy atom. The van der Waals surface area contributed by atoms with Crippen LogP contribution in [0, 0.1) is 6.92 Å². The van der Waals surface area contributed by atoms with Gasteiger partial charge in [0.2, 0.25) is 0 Å². The van der Waals surface area contributed by atoms with Gasteiger partial charge in [0.15, 0.2) is 0 Å². The third kappa shape index (κ3) is 3.29. The summed E-state index contributed by atoms with van der Waals surface area (Å²) in [6, 6.07) is 8.60. The monoisotopic (exact) mass is 310 g/mol. The Kier molecular flexibility index (Phi) is 4.30. The largest absolute Gasteiger partial charge is 0.279 e. The summed E-state index contributed by atoms with van der Waals surface area (Å²) in [6.07, 6.45) is 2.08. The number of anilines is 1. The van der Waals surface area contributed by atoms with E-state index in [1.807, 2.05) is 32.0 Å². The van der Waals surface area contributed by atoms with Gasteiger partial charge in [0.1, 0.15) is 10.0 Å². The van der Waals surface area contributed by atoms with E-state index in [0.717, 1.165) is 17.5 Å². The van der Waals surface area contributed by atoms with Crippen LogP contribution in [0.5, 0.6) is 0 Å². The number of aromatic nitrogens is 1.